The van der Waals surface area contributed by atoms with Crippen LogP contribution in [0.4, 0.5) is 5.69 Å². The van der Waals surface area contributed by atoms with Crippen LogP contribution in [0.25, 0.3) is 11.3 Å². The number of carbonyl (C=O) groups excluding carboxylic acids is 2. The summed E-state index contributed by atoms with van der Waals surface area (Å²) in [6.45, 7) is 4.11. The highest BCUT2D eigenvalue weighted by Crippen LogP contribution is 2.23. The standard InChI is InChI=1S/C22H21N3O3S/c1-14-4-9-18(15(2)12-14)19-10-11-21(25-24-19)29-13-20(26)23-17-7-5-16(6-8-17)22(27)28-3/h4-12H,13H2,1-3H3,(H,23,26). The quantitative estimate of drug-likeness (QED) is 0.485. The van der Waals surface area contributed by atoms with E-state index in [1.54, 1.807) is 24.3 Å². The fraction of sp³-hybridized carbons (Fsp3) is 0.182. The number of thioether (sulfide) groups is 1. The summed E-state index contributed by atoms with van der Waals surface area (Å²) in [7, 11) is 1.33. The molecule has 2 aromatic carbocycles. The number of benzene rings is 2. The van der Waals surface area contributed by atoms with Crippen LogP contribution in [0.1, 0.15) is 21.5 Å². The molecule has 0 fully saturated rings. The van der Waals surface area contributed by atoms with Gasteiger partial charge >= 0.3 is 5.97 Å². The van der Waals surface area contributed by atoms with Gasteiger partial charge in [0.25, 0.3) is 0 Å². The molecule has 0 aliphatic rings. The highest BCUT2D eigenvalue weighted by atomic mass is 32.2. The molecule has 0 unspecified atom stereocenters. The maximum Gasteiger partial charge on any atom is 0.337 e. The third-order valence-corrected chi connectivity index (χ3v) is 5.16. The molecule has 29 heavy (non-hydrogen) atoms. The summed E-state index contributed by atoms with van der Waals surface area (Å²) in [6.07, 6.45) is 0. The average Bonchev–Trinajstić information content (AvgIpc) is 2.73. The summed E-state index contributed by atoms with van der Waals surface area (Å²) >= 11 is 1.31. The molecule has 1 amide bonds. The highest BCUT2D eigenvalue weighted by Gasteiger charge is 2.09. The van der Waals surface area contributed by atoms with E-state index >= 15 is 0 Å². The topological polar surface area (TPSA) is 81.2 Å². The maximum atomic E-state index is 12.2. The number of anilines is 1. The molecule has 1 aromatic heterocycles. The molecule has 0 saturated heterocycles. The largest absolute Gasteiger partial charge is 0.465 e. The molecule has 1 heterocycles. The second-order valence-corrected chi connectivity index (χ2v) is 7.48. The summed E-state index contributed by atoms with van der Waals surface area (Å²) in [5.74, 6) is -0.376. The summed E-state index contributed by atoms with van der Waals surface area (Å²) < 4.78 is 4.65. The first-order valence-corrected chi connectivity index (χ1v) is 9.97. The number of ether oxygens (including phenoxy) is 1. The molecule has 0 atom stereocenters. The monoisotopic (exact) mass is 407 g/mol. The van der Waals surface area contributed by atoms with E-state index in [-0.39, 0.29) is 11.7 Å². The van der Waals surface area contributed by atoms with Crippen molar-refractivity contribution in [3.63, 3.8) is 0 Å². The van der Waals surface area contributed by atoms with E-state index in [1.165, 1.54) is 24.4 Å². The van der Waals surface area contributed by atoms with Crippen LogP contribution in [0.3, 0.4) is 0 Å². The molecular weight excluding hydrogens is 386 g/mol. The van der Waals surface area contributed by atoms with E-state index in [2.05, 4.69) is 46.2 Å². The van der Waals surface area contributed by atoms with E-state index in [4.69, 9.17) is 0 Å². The minimum absolute atomic E-state index is 0.166. The Bertz CT molecular complexity index is 1020. The third kappa shape index (κ3) is 5.42. The Morgan fingerprint density at radius 1 is 1.00 bits per heavy atom. The Morgan fingerprint density at radius 2 is 1.76 bits per heavy atom. The number of hydrogen-bond donors (Lipinski definition) is 1. The van der Waals surface area contributed by atoms with Gasteiger partial charge in [0.05, 0.1) is 24.1 Å². The van der Waals surface area contributed by atoms with E-state index < -0.39 is 5.97 Å². The zero-order valence-electron chi connectivity index (χ0n) is 16.4. The Morgan fingerprint density at radius 3 is 2.38 bits per heavy atom. The van der Waals surface area contributed by atoms with Crippen molar-refractivity contribution < 1.29 is 14.3 Å². The molecule has 3 aromatic rings. The van der Waals surface area contributed by atoms with Gasteiger partial charge < -0.3 is 10.1 Å². The molecule has 0 aliphatic carbocycles. The van der Waals surface area contributed by atoms with Crippen LogP contribution in [-0.2, 0) is 9.53 Å². The Labute approximate surface area is 173 Å². The minimum atomic E-state index is -0.415. The summed E-state index contributed by atoms with van der Waals surface area (Å²) in [5.41, 5.74) is 5.25. The van der Waals surface area contributed by atoms with Crippen LogP contribution < -0.4 is 5.32 Å². The third-order valence-electron chi connectivity index (χ3n) is 4.24. The van der Waals surface area contributed by atoms with Crippen molar-refractivity contribution in [3.05, 3.63) is 71.3 Å². The summed E-state index contributed by atoms with van der Waals surface area (Å²) in [6, 6.07) is 16.5. The number of hydrogen-bond acceptors (Lipinski definition) is 6. The number of aromatic nitrogens is 2. The van der Waals surface area contributed by atoms with Crippen molar-refractivity contribution in [1.82, 2.24) is 10.2 Å². The molecule has 0 radical (unpaired) electrons. The molecule has 0 bridgehead atoms. The van der Waals surface area contributed by atoms with E-state index in [1.807, 2.05) is 18.2 Å². The fourth-order valence-corrected chi connectivity index (χ4v) is 3.40. The van der Waals surface area contributed by atoms with Crippen LogP contribution >= 0.6 is 11.8 Å². The number of carbonyl (C=O) groups is 2. The van der Waals surface area contributed by atoms with E-state index in [0.29, 0.717) is 16.3 Å². The molecule has 0 spiro atoms. The van der Waals surface area contributed by atoms with Gasteiger partial charge in [0, 0.05) is 11.3 Å². The summed E-state index contributed by atoms with van der Waals surface area (Å²) in [4.78, 5) is 23.6. The predicted octanol–water partition coefficient (Wildman–Crippen LogP) is 4.28. The molecule has 6 nitrogen and oxygen atoms in total. The van der Waals surface area contributed by atoms with Crippen molar-refractivity contribution in [2.75, 3.05) is 18.2 Å². The Kier molecular flexibility index (Phi) is 6.61. The van der Waals surface area contributed by atoms with Crippen LogP contribution in [0.15, 0.2) is 59.6 Å². The predicted molar refractivity (Wildman–Crippen MR) is 114 cm³/mol. The Balaban J connectivity index is 1.55. The van der Waals surface area contributed by atoms with Crippen molar-refractivity contribution in [3.8, 4) is 11.3 Å². The molecule has 0 aliphatic heterocycles. The molecule has 1 N–H and O–H groups in total. The minimum Gasteiger partial charge on any atom is -0.465 e. The number of rotatable bonds is 6. The van der Waals surface area contributed by atoms with Gasteiger partial charge in [-0.3, -0.25) is 4.79 Å². The smallest absolute Gasteiger partial charge is 0.337 e. The van der Waals surface area contributed by atoms with Gasteiger partial charge in [-0.2, -0.15) is 0 Å². The van der Waals surface area contributed by atoms with Crippen molar-refractivity contribution >= 4 is 29.3 Å². The zero-order chi connectivity index (χ0) is 20.8. The van der Waals surface area contributed by atoms with Crippen molar-refractivity contribution in [1.29, 1.82) is 0 Å². The van der Waals surface area contributed by atoms with Crippen LogP contribution in [-0.4, -0.2) is 34.9 Å². The van der Waals surface area contributed by atoms with Gasteiger partial charge in [0.15, 0.2) is 0 Å². The number of methoxy groups -OCH3 is 1. The molecule has 7 heteroatoms. The van der Waals surface area contributed by atoms with E-state index in [9.17, 15) is 9.59 Å². The highest BCUT2D eigenvalue weighted by molar-refractivity contribution is 7.99. The SMILES string of the molecule is COC(=O)c1ccc(NC(=O)CSc2ccc(-c3ccc(C)cc3C)nn2)cc1. The first kappa shape index (κ1) is 20.5. The van der Waals surface area contributed by atoms with Gasteiger partial charge in [0.2, 0.25) is 5.91 Å². The van der Waals surface area contributed by atoms with Crippen LogP contribution in [0, 0.1) is 13.8 Å². The lowest BCUT2D eigenvalue weighted by atomic mass is 10.0. The maximum absolute atomic E-state index is 12.2. The van der Waals surface area contributed by atoms with E-state index in [0.717, 1.165) is 16.8 Å². The van der Waals surface area contributed by atoms with Gasteiger partial charge in [0.1, 0.15) is 5.03 Å². The second-order valence-electron chi connectivity index (χ2n) is 6.48. The number of esters is 1. The number of nitrogens with zero attached hydrogens (tertiary/aromatic N) is 2. The fourth-order valence-electron chi connectivity index (χ4n) is 2.79. The number of amides is 1. The lowest BCUT2D eigenvalue weighted by Crippen LogP contribution is -2.14. The lowest BCUT2D eigenvalue weighted by Gasteiger charge is -2.07. The van der Waals surface area contributed by atoms with Crippen molar-refractivity contribution in [2.24, 2.45) is 0 Å². The lowest BCUT2D eigenvalue weighted by molar-refractivity contribution is -0.113. The van der Waals surface area contributed by atoms with Gasteiger partial charge in [-0.15, -0.1) is 10.2 Å². The summed E-state index contributed by atoms with van der Waals surface area (Å²) in [5, 5.41) is 12.0. The molecular formula is C22H21N3O3S. The van der Waals surface area contributed by atoms with Crippen LogP contribution in [0.2, 0.25) is 0 Å². The van der Waals surface area contributed by atoms with Gasteiger partial charge in [-0.25, -0.2) is 4.79 Å². The average molecular weight is 407 g/mol. The second kappa shape index (κ2) is 9.34. The first-order valence-electron chi connectivity index (χ1n) is 8.98. The van der Waals surface area contributed by atoms with Gasteiger partial charge in [-0.05, 0) is 55.8 Å². The first-order chi connectivity index (χ1) is 14.0. The molecule has 3 rings (SSSR count). The molecule has 0 saturated carbocycles. The number of nitrogens with one attached hydrogen (secondary N) is 1. The zero-order valence-corrected chi connectivity index (χ0v) is 17.2. The van der Waals surface area contributed by atoms with Crippen LogP contribution in [0.5, 0.6) is 0 Å². The number of aryl methyl sites for hydroxylation is 2. The van der Waals surface area contributed by atoms with Crippen molar-refractivity contribution in [2.45, 2.75) is 18.9 Å². The van der Waals surface area contributed by atoms with Gasteiger partial charge in [-0.1, -0.05) is 35.5 Å². The Hall–Kier alpha value is -3.19. The normalized spacial score (nSPS) is 10.4. The molecule has 148 valence electrons.